The second-order valence-electron chi connectivity index (χ2n) is 3.51. The molecule has 0 aliphatic heterocycles. The Hall–Kier alpha value is -1.59. The molecule has 94 valence electrons. The third-order valence-corrected chi connectivity index (χ3v) is 3.72. The van der Waals surface area contributed by atoms with E-state index >= 15 is 0 Å². The van der Waals surface area contributed by atoms with E-state index in [-0.39, 0.29) is 10.6 Å². The summed E-state index contributed by atoms with van der Waals surface area (Å²) in [5, 5.41) is 0.415. The topological polar surface area (TPSA) is 52.3 Å². The van der Waals surface area contributed by atoms with E-state index in [0.29, 0.717) is 15.5 Å². The summed E-state index contributed by atoms with van der Waals surface area (Å²) >= 11 is 6.89. The van der Waals surface area contributed by atoms with Crippen molar-refractivity contribution in [2.45, 2.75) is 0 Å². The van der Waals surface area contributed by atoms with Crippen molar-refractivity contribution in [3.05, 3.63) is 40.0 Å². The minimum absolute atomic E-state index is 0.256. The molecule has 2 rings (SSSR count). The molecular formula is C12H9ClFNO2S. The lowest BCUT2D eigenvalue weighted by Gasteiger charge is -2.00. The normalized spacial score (nSPS) is 10.4. The van der Waals surface area contributed by atoms with Gasteiger partial charge in [-0.2, -0.15) is 0 Å². The molecule has 0 spiro atoms. The zero-order chi connectivity index (χ0) is 13.3. The first-order valence-electron chi connectivity index (χ1n) is 4.96. The van der Waals surface area contributed by atoms with Crippen molar-refractivity contribution in [1.29, 1.82) is 0 Å². The molecule has 0 aliphatic rings. The molecule has 0 aliphatic carbocycles. The van der Waals surface area contributed by atoms with E-state index in [9.17, 15) is 9.18 Å². The quantitative estimate of drug-likeness (QED) is 0.858. The average Bonchev–Trinajstić information content (AvgIpc) is 2.73. The SMILES string of the molecule is COC(=O)c1sc(-c2cc(Cl)ccc2F)cc1N. The number of benzene rings is 1. The van der Waals surface area contributed by atoms with Crippen LogP contribution in [0, 0.1) is 5.82 Å². The number of carbonyl (C=O) groups excluding carboxylic acids is 1. The van der Waals surface area contributed by atoms with Gasteiger partial charge in [-0.15, -0.1) is 11.3 Å². The zero-order valence-corrected chi connectivity index (χ0v) is 10.9. The van der Waals surface area contributed by atoms with Gasteiger partial charge in [0, 0.05) is 15.5 Å². The van der Waals surface area contributed by atoms with Crippen molar-refractivity contribution < 1.29 is 13.9 Å². The van der Waals surface area contributed by atoms with Crippen molar-refractivity contribution in [3.63, 3.8) is 0 Å². The lowest BCUT2D eigenvalue weighted by Crippen LogP contribution is -2.00. The summed E-state index contributed by atoms with van der Waals surface area (Å²) < 4.78 is 18.3. The van der Waals surface area contributed by atoms with Crippen LogP contribution in [0.15, 0.2) is 24.3 Å². The van der Waals surface area contributed by atoms with Crippen LogP contribution in [-0.2, 0) is 4.74 Å². The number of ether oxygens (including phenoxy) is 1. The van der Waals surface area contributed by atoms with Crippen LogP contribution in [0.3, 0.4) is 0 Å². The average molecular weight is 286 g/mol. The highest BCUT2D eigenvalue weighted by Crippen LogP contribution is 2.36. The standard InChI is InChI=1S/C12H9ClFNO2S/c1-17-12(16)11-9(15)5-10(18-11)7-4-6(13)2-3-8(7)14/h2-5H,15H2,1H3. The molecular weight excluding hydrogens is 277 g/mol. The molecule has 6 heteroatoms. The second kappa shape index (κ2) is 4.96. The van der Waals surface area contributed by atoms with E-state index in [1.54, 1.807) is 0 Å². The Morgan fingerprint density at radius 3 is 2.83 bits per heavy atom. The largest absolute Gasteiger partial charge is 0.465 e. The summed E-state index contributed by atoms with van der Waals surface area (Å²) in [5.74, 6) is -0.955. The maximum atomic E-state index is 13.7. The van der Waals surface area contributed by atoms with Crippen LogP contribution < -0.4 is 5.73 Å². The first-order valence-corrected chi connectivity index (χ1v) is 6.15. The van der Waals surface area contributed by atoms with Gasteiger partial charge in [0.25, 0.3) is 0 Å². The van der Waals surface area contributed by atoms with Crippen molar-refractivity contribution in [2.24, 2.45) is 0 Å². The van der Waals surface area contributed by atoms with Gasteiger partial charge in [-0.3, -0.25) is 0 Å². The molecule has 0 saturated heterocycles. The van der Waals surface area contributed by atoms with Gasteiger partial charge in [0.1, 0.15) is 10.7 Å². The highest BCUT2D eigenvalue weighted by Gasteiger charge is 2.17. The molecule has 1 aromatic carbocycles. The summed E-state index contributed by atoms with van der Waals surface area (Å²) in [6, 6.07) is 5.75. The van der Waals surface area contributed by atoms with Crippen molar-refractivity contribution in [1.82, 2.24) is 0 Å². The number of carbonyl (C=O) groups is 1. The van der Waals surface area contributed by atoms with Crippen LogP contribution in [0.25, 0.3) is 10.4 Å². The summed E-state index contributed by atoms with van der Waals surface area (Å²) in [7, 11) is 1.27. The Balaban J connectivity index is 2.52. The second-order valence-corrected chi connectivity index (χ2v) is 5.00. The minimum Gasteiger partial charge on any atom is -0.465 e. The number of nitrogen functional groups attached to an aromatic ring is 1. The first kappa shape index (κ1) is 12.9. The van der Waals surface area contributed by atoms with Gasteiger partial charge in [-0.25, -0.2) is 9.18 Å². The Labute approximate surface area is 112 Å². The van der Waals surface area contributed by atoms with Gasteiger partial charge in [0.2, 0.25) is 0 Å². The van der Waals surface area contributed by atoms with Crippen LogP contribution in [0.4, 0.5) is 10.1 Å². The molecule has 1 aromatic heterocycles. The molecule has 0 saturated carbocycles. The maximum absolute atomic E-state index is 13.7. The van der Waals surface area contributed by atoms with Crippen molar-refractivity contribution >= 4 is 34.6 Å². The Kier molecular flexibility index (Phi) is 3.54. The van der Waals surface area contributed by atoms with Gasteiger partial charge < -0.3 is 10.5 Å². The smallest absolute Gasteiger partial charge is 0.350 e. The van der Waals surface area contributed by atoms with Gasteiger partial charge >= 0.3 is 5.97 Å². The van der Waals surface area contributed by atoms with E-state index in [1.165, 1.54) is 31.4 Å². The number of anilines is 1. The first-order chi connectivity index (χ1) is 8.52. The predicted octanol–water partition coefficient (Wildman–Crippen LogP) is 3.58. The van der Waals surface area contributed by atoms with Gasteiger partial charge in [-0.1, -0.05) is 11.6 Å². The van der Waals surface area contributed by atoms with Crippen LogP contribution in [0.5, 0.6) is 0 Å². The molecule has 0 bridgehead atoms. The van der Waals surface area contributed by atoms with Gasteiger partial charge in [0.15, 0.2) is 0 Å². The molecule has 2 aromatic rings. The number of methoxy groups -OCH3 is 1. The van der Waals surface area contributed by atoms with Crippen molar-refractivity contribution in [2.75, 3.05) is 12.8 Å². The molecule has 18 heavy (non-hydrogen) atoms. The zero-order valence-electron chi connectivity index (χ0n) is 9.37. The predicted molar refractivity (Wildman–Crippen MR) is 70.5 cm³/mol. The fourth-order valence-electron chi connectivity index (χ4n) is 1.48. The lowest BCUT2D eigenvalue weighted by atomic mass is 10.1. The summed E-state index contributed by atoms with van der Waals surface area (Å²) in [4.78, 5) is 12.2. The Bertz CT molecular complexity index is 612. The summed E-state index contributed by atoms with van der Waals surface area (Å²) in [6.07, 6.45) is 0. The van der Waals surface area contributed by atoms with E-state index in [0.717, 1.165) is 11.3 Å². The molecule has 0 amide bonds. The molecule has 2 N–H and O–H groups in total. The molecule has 0 atom stereocenters. The molecule has 0 fully saturated rings. The number of nitrogens with two attached hydrogens (primary N) is 1. The lowest BCUT2D eigenvalue weighted by molar-refractivity contribution is 0.0607. The number of hydrogen-bond acceptors (Lipinski definition) is 4. The molecule has 0 radical (unpaired) electrons. The van der Waals surface area contributed by atoms with E-state index in [4.69, 9.17) is 17.3 Å². The van der Waals surface area contributed by atoms with E-state index in [1.807, 2.05) is 0 Å². The van der Waals surface area contributed by atoms with E-state index < -0.39 is 11.8 Å². The third kappa shape index (κ3) is 2.32. The Morgan fingerprint density at radius 1 is 1.44 bits per heavy atom. The minimum atomic E-state index is -0.536. The van der Waals surface area contributed by atoms with Gasteiger partial charge in [0.05, 0.1) is 12.8 Å². The Morgan fingerprint density at radius 2 is 2.17 bits per heavy atom. The maximum Gasteiger partial charge on any atom is 0.350 e. The monoisotopic (exact) mass is 285 g/mol. The fraction of sp³-hybridized carbons (Fsp3) is 0.0833. The number of halogens is 2. The number of thiophene rings is 1. The van der Waals surface area contributed by atoms with Crippen LogP contribution in [-0.4, -0.2) is 13.1 Å². The summed E-state index contributed by atoms with van der Waals surface area (Å²) in [6.45, 7) is 0. The number of hydrogen-bond donors (Lipinski definition) is 1. The molecule has 0 unspecified atom stereocenters. The highest BCUT2D eigenvalue weighted by atomic mass is 35.5. The van der Waals surface area contributed by atoms with Crippen LogP contribution >= 0.6 is 22.9 Å². The fourth-order valence-corrected chi connectivity index (χ4v) is 2.66. The van der Waals surface area contributed by atoms with Crippen LogP contribution in [0.2, 0.25) is 5.02 Å². The highest BCUT2D eigenvalue weighted by molar-refractivity contribution is 7.18. The third-order valence-electron chi connectivity index (χ3n) is 2.33. The number of esters is 1. The van der Waals surface area contributed by atoms with Gasteiger partial charge in [-0.05, 0) is 24.3 Å². The van der Waals surface area contributed by atoms with Crippen molar-refractivity contribution in [3.8, 4) is 10.4 Å². The summed E-state index contributed by atoms with van der Waals surface area (Å²) in [5.41, 5.74) is 6.28. The number of rotatable bonds is 2. The molecule has 1 heterocycles. The molecule has 3 nitrogen and oxygen atoms in total. The van der Waals surface area contributed by atoms with E-state index in [2.05, 4.69) is 4.74 Å². The van der Waals surface area contributed by atoms with Crippen LogP contribution in [0.1, 0.15) is 9.67 Å².